The molecule has 4 aromatic rings. The topological polar surface area (TPSA) is 87.7 Å². The number of halogens is 4. The maximum absolute atomic E-state index is 15.1. The van der Waals surface area contributed by atoms with Crippen molar-refractivity contribution in [2.24, 2.45) is 0 Å². The minimum atomic E-state index is -4.69. The van der Waals surface area contributed by atoms with Gasteiger partial charge in [0.05, 0.1) is 47.2 Å². The first-order valence-electron chi connectivity index (χ1n) is 13.1. The summed E-state index contributed by atoms with van der Waals surface area (Å²) in [4.78, 5) is 22.7. The number of benzene rings is 1. The summed E-state index contributed by atoms with van der Waals surface area (Å²) in [5.41, 5.74) is -0.575. The summed E-state index contributed by atoms with van der Waals surface area (Å²) in [7, 11) is 0. The number of ether oxygens (including phenoxy) is 1. The van der Waals surface area contributed by atoms with Crippen LogP contribution in [0.15, 0.2) is 41.6 Å². The Bertz CT molecular complexity index is 1640. The highest BCUT2D eigenvalue weighted by atomic mass is 19.4. The van der Waals surface area contributed by atoms with Crippen LogP contribution in [0.5, 0.6) is 0 Å². The van der Waals surface area contributed by atoms with E-state index in [9.17, 15) is 18.0 Å². The van der Waals surface area contributed by atoms with Crippen LogP contribution in [0.1, 0.15) is 79.6 Å². The van der Waals surface area contributed by atoms with Crippen LogP contribution in [-0.2, 0) is 10.9 Å². The molecule has 0 N–H and O–H groups in total. The lowest BCUT2D eigenvalue weighted by Gasteiger charge is -2.28. The van der Waals surface area contributed by atoms with E-state index in [1.54, 1.807) is 6.20 Å². The van der Waals surface area contributed by atoms with Gasteiger partial charge in [0.2, 0.25) is 0 Å². The van der Waals surface area contributed by atoms with Crippen LogP contribution < -0.4 is 5.56 Å². The van der Waals surface area contributed by atoms with Gasteiger partial charge in [-0.2, -0.15) is 23.4 Å². The third kappa shape index (κ3) is 4.50. The van der Waals surface area contributed by atoms with E-state index >= 15 is 4.39 Å². The Labute approximate surface area is 219 Å². The molecule has 0 amide bonds. The van der Waals surface area contributed by atoms with E-state index < -0.39 is 23.1 Å². The first kappa shape index (κ1) is 24.4. The second kappa shape index (κ2) is 8.94. The first-order chi connectivity index (χ1) is 18.8. The van der Waals surface area contributed by atoms with Crippen LogP contribution in [0.3, 0.4) is 0 Å². The van der Waals surface area contributed by atoms with Crippen molar-refractivity contribution in [1.29, 1.82) is 0 Å². The molecule has 0 bridgehead atoms. The molecule has 7 rings (SSSR count). The van der Waals surface area contributed by atoms with Gasteiger partial charge in [0, 0.05) is 29.8 Å². The van der Waals surface area contributed by atoms with Gasteiger partial charge < -0.3 is 4.74 Å². The molecule has 3 fully saturated rings. The molecule has 1 saturated heterocycles. The lowest BCUT2D eigenvalue weighted by atomic mass is 9.92. The lowest BCUT2D eigenvalue weighted by molar-refractivity contribution is -0.137. The van der Waals surface area contributed by atoms with E-state index in [4.69, 9.17) is 4.74 Å². The van der Waals surface area contributed by atoms with Crippen molar-refractivity contribution in [3.8, 4) is 11.3 Å². The van der Waals surface area contributed by atoms with Crippen LogP contribution in [-0.4, -0.2) is 36.1 Å². The highest BCUT2D eigenvalue weighted by molar-refractivity contribution is 5.91. The lowest BCUT2D eigenvalue weighted by Crippen LogP contribution is -2.25. The molecule has 2 atom stereocenters. The molecule has 0 spiro atoms. The van der Waals surface area contributed by atoms with E-state index in [2.05, 4.69) is 20.2 Å². The normalized spacial score (nSPS) is 21.9. The Kier molecular flexibility index (Phi) is 5.58. The molecule has 1 aromatic carbocycles. The molecule has 202 valence electrons. The zero-order valence-corrected chi connectivity index (χ0v) is 20.7. The molecule has 4 heterocycles. The fourth-order valence-electron chi connectivity index (χ4n) is 5.22. The SMILES string of the molecule is O=c1c2nc(C3CCOC(c4cnn(C5CC5)c4)C3)nc(-c3ccc(C(F)(F)F)cc3F)c2cnn1C1CC1. The van der Waals surface area contributed by atoms with E-state index in [-0.39, 0.29) is 40.2 Å². The number of rotatable bonds is 5. The number of fused-ring (bicyclic) bond motifs is 1. The predicted octanol–water partition coefficient (Wildman–Crippen LogP) is 5.51. The molecule has 2 unspecified atom stereocenters. The second-order valence-corrected chi connectivity index (χ2v) is 10.6. The minimum absolute atomic E-state index is 0.0120. The largest absolute Gasteiger partial charge is 0.416 e. The van der Waals surface area contributed by atoms with Gasteiger partial charge in [-0.05, 0) is 56.7 Å². The Morgan fingerprint density at radius 1 is 0.974 bits per heavy atom. The summed E-state index contributed by atoms with van der Waals surface area (Å²) in [5, 5.41) is 8.91. The van der Waals surface area contributed by atoms with Gasteiger partial charge in [-0.1, -0.05) is 0 Å². The summed E-state index contributed by atoms with van der Waals surface area (Å²) < 4.78 is 64.1. The number of hydrogen-bond donors (Lipinski definition) is 0. The highest BCUT2D eigenvalue weighted by Crippen LogP contribution is 2.41. The van der Waals surface area contributed by atoms with Crippen LogP contribution in [0.2, 0.25) is 0 Å². The van der Waals surface area contributed by atoms with Crippen LogP contribution in [0, 0.1) is 5.82 Å². The molecule has 2 saturated carbocycles. The summed E-state index contributed by atoms with van der Waals surface area (Å²) in [5.74, 6) is -0.958. The quantitative estimate of drug-likeness (QED) is 0.310. The maximum Gasteiger partial charge on any atom is 0.416 e. The molecule has 8 nitrogen and oxygen atoms in total. The van der Waals surface area contributed by atoms with Gasteiger partial charge >= 0.3 is 6.18 Å². The van der Waals surface area contributed by atoms with Crippen molar-refractivity contribution in [3.05, 3.63) is 69.9 Å². The molecule has 2 aliphatic carbocycles. The maximum atomic E-state index is 15.1. The van der Waals surface area contributed by atoms with Crippen LogP contribution >= 0.6 is 0 Å². The number of hydrogen-bond acceptors (Lipinski definition) is 6. The average molecular weight is 541 g/mol. The predicted molar refractivity (Wildman–Crippen MR) is 131 cm³/mol. The Morgan fingerprint density at radius 2 is 1.77 bits per heavy atom. The fourth-order valence-corrected chi connectivity index (χ4v) is 5.22. The van der Waals surface area contributed by atoms with Crippen molar-refractivity contribution >= 4 is 10.9 Å². The number of alkyl halides is 3. The minimum Gasteiger partial charge on any atom is -0.373 e. The zero-order valence-electron chi connectivity index (χ0n) is 20.7. The van der Waals surface area contributed by atoms with Crippen molar-refractivity contribution in [2.45, 2.75) is 68.8 Å². The number of nitrogens with zero attached hydrogens (tertiary/aromatic N) is 6. The Balaban J connectivity index is 1.32. The summed E-state index contributed by atoms with van der Waals surface area (Å²) in [6, 6.07) is 2.73. The molecule has 12 heteroatoms. The van der Waals surface area contributed by atoms with Crippen molar-refractivity contribution in [1.82, 2.24) is 29.5 Å². The Hall–Kier alpha value is -3.67. The van der Waals surface area contributed by atoms with Gasteiger partial charge in [-0.3, -0.25) is 9.48 Å². The summed E-state index contributed by atoms with van der Waals surface area (Å²) >= 11 is 0. The van der Waals surface area contributed by atoms with E-state index in [0.717, 1.165) is 43.4 Å². The fraction of sp³-hybridized carbons (Fsp3) is 0.444. The standard InChI is InChI=1S/C27H24F4N6O2/c28-21-10-16(27(29,30)31)1-6-19(21)23-20-12-33-37(18-4-5-18)26(38)24(20)35-25(34-23)14-7-8-39-22(9-14)15-11-32-36(13-15)17-2-3-17/h1,6,10-14,17-18,22H,2-5,7-9H2. The van der Waals surface area contributed by atoms with Gasteiger partial charge in [-0.15, -0.1) is 0 Å². The molecular weight excluding hydrogens is 516 g/mol. The molecular formula is C27H24F4N6O2. The van der Waals surface area contributed by atoms with Crippen molar-refractivity contribution < 1.29 is 22.3 Å². The highest BCUT2D eigenvalue weighted by Gasteiger charge is 2.34. The van der Waals surface area contributed by atoms with Gasteiger partial charge in [0.25, 0.3) is 5.56 Å². The molecule has 1 aliphatic heterocycles. The molecule has 0 radical (unpaired) electrons. The van der Waals surface area contributed by atoms with Crippen LogP contribution in [0.25, 0.3) is 22.2 Å². The van der Waals surface area contributed by atoms with Gasteiger partial charge in [0.1, 0.15) is 17.2 Å². The first-order valence-corrected chi connectivity index (χ1v) is 13.1. The van der Waals surface area contributed by atoms with Gasteiger partial charge in [0.15, 0.2) is 0 Å². The van der Waals surface area contributed by atoms with E-state index in [1.807, 2.05) is 10.9 Å². The number of aromatic nitrogens is 6. The monoisotopic (exact) mass is 540 g/mol. The molecule has 3 aromatic heterocycles. The second-order valence-electron chi connectivity index (χ2n) is 10.6. The molecule has 3 aliphatic rings. The third-order valence-electron chi connectivity index (χ3n) is 7.69. The van der Waals surface area contributed by atoms with Crippen molar-refractivity contribution in [3.63, 3.8) is 0 Å². The average Bonchev–Trinajstić information content (AvgIpc) is 3.87. The zero-order chi connectivity index (χ0) is 26.9. The third-order valence-corrected chi connectivity index (χ3v) is 7.69. The smallest absolute Gasteiger partial charge is 0.373 e. The van der Waals surface area contributed by atoms with E-state index in [1.165, 1.54) is 10.9 Å². The van der Waals surface area contributed by atoms with Crippen LogP contribution in [0.4, 0.5) is 17.6 Å². The van der Waals surface area contributed by atoms with Gasteiger partial charge in [-0.25, -0.2) is 19.0 Å². The molecule has 39 heavy (non-hydrogen) atoms. The van der Waals surface area contributed by atoms with Crippen molar-refractivity contribution in [2.75, 3.05) is 6.61 Å². The summed E-state index contributed by atoms with van der Waals surface area (Å²) in [6.07, 6.45) is 5.24. The van der Waals surface area contributed by atoms with E-state index in [0.29, 0.717) is 37.4 Å². The summed E-state index contributed by atoms with van der Waals surface area (Å²) in [6.45, 7) is 0.429. The Morgan fingerprint density at radius 3 is 2.49 bits per heavy atom.